The maximum atomic E-state index is 13.7. The SMILES string of the molecule is CCC/C=C/CCC1CCC(c2cc(F)c(C(F)(F)F)c(F)c2)CC1. The van der Waals surface area contributed by atoms with E-state index in [1.807, 2.05) is 0 Å². The van der Waals surface area contributed by atoms with Crippen LogP contribution in [0.4, 0.5) is 22.0 Å². The first kappa shape index (κ1) is 19.9. The highest BCUT2D eigenvalue weighted by molar-refractivity contribution is 5.30. The highest BCUT2D eigenvalue weighted by Gasteiger charge is 2.38. The number of hydrogen-bond acceptors (Lipinski definition) is 0. The Labute approximate surface area is 146 Å². The number of rotatable bonds is 6. The molecule has 25 heavy (non-hydrogen) atoms. The first-order valence-corrected chi connectivity index (χ1v) is 9.04. The maximum absolute atomic E-state index is 13.7. The van der Waals surface area contributed by atoms with Crippen molar-refractivity contribution in [2.75, 3.05) is 0 Å². The topological polar surface area (TPSA) is 0 Å². The molecule has 0 nitrogen and oxygen atoms in total. The second kappa shape index (κ2) is 8.81. The van der Waals surface area contributed by atoms with Crippen molar-refractivity contribution in [1.82, 2.24) is 0 Å². The number of unbranched alkanes of at least 4 members (excludes halogenated alkanes) is 1. The van der Waals surface area contributed by atoms with Crippen LogP contribution in [0.15, 0.2) is 24.3 Å². The summed E-state index contributed by atoms with van der Waals surface area (Å²) >= 11 is 0. The Morgan fingerprint density at radius 2 is 1.52 bits per heavy atom. The summed E-state index contributed by atoms with van der Waals surface area (Å²) in [6.45, 7) is 2.14. The van der Waals surface area contributed by atoms with Gasteiger partial charge >= 0.3 is 6.18 Å². The number of alkyl halides is 3. The quantitative estimate of drug-likeness (QED) is 0.366. The molecular formula is C20H25F5. The van der Waals surface area contributed by atoms with Gasteiger partial charge in [0.1, 0.15) is 17.2 Å². The van der Waals surface area contributed by atoms with Crippen LogP contribution in [-0.4, -0.2) is 0 Å². The lowest BCUT2D eigenvalue weighted by molar-refractivity contribution is -0.142. The smallest absolute Gasteiger partial charge is 0.206 e. The Bertz CT molecular complexity index is 557. The molecular weight excluding hydrogens is 335 g/mol. The average Bonchev–Trinajstić information content (AvgIpc) is 2.53. The molecule has 1 aliphatic rings. The van der Waals surface area contributed by atoms with Gasteiger partial charge in [0.05, 0.1) is 0 Å². The summed E-state index contributed by atoms with van der Waals surface area (Å²) in [5.74, 6) is -2.48. The first-order valence-electron chi connectivity index (χ1n) is 9.04. The van der Waals surface area contributed by atoms with E-state index in [1.165, 1.54) is 0 Å². The van der Waals surface area contributed by atoms with Gasteiger partial charge in [-0.05, 0) is 74.5 Å². The number of allylic oxidation sites excluding steroid dienone is 2. The fourth-order valence-electron chi connectivity index (χ4n) is 3.62. The summed E-state index contributed by atoms with van der Waals surface area (Å²) in [7, 11) is 0. The van der Waals surface area contributed by atoms with Crippen LogP contribution >= 0.6 is 0 Å². The van der Waals surface area contributed by atoms with E-state index in [2.05, 4.69) is 19.1 Å². The third-order valence-corrected chi connectivity index (χ3v) is 5.03. The van der Waals surface area contributed by atoms with Crippen molar-refractivity contribution in [2.24, 2.45) is 5.92 Å². The third kappa shape index (κ3) is 5.55. The van der Waals surface area contributed by atoms with Crippen LogP contribution in [0.25, 0.3) is 0 Å². The summed E-state index contributed by atoms with van der Waals surface area (Å²) in [6, 6.07) is 1.73. The molecule has 0 saturated heterocycles. The molecule has 1 aromatic rings. The van der Waals surface area contributed by atoms with Gasteiger partial charge in [0.15, 0.2) is 0 Å². The highest BCUT2D eigenvalue weighted by atomic mass is 19.4. The third-order valence-electron chi connectivity index (χ3n) is 5.03. The van der Waals surface area contributed by atoms with Gasteiger partial charge in [-0.2, -0.15) is 13.2 Å². The second-order valence-corrected chi connectivity index (χ2v) is 6.91. The van der Waals surface area contributed by atoms with Gasteiger partial charge in [-0.3, -0.25) is 0 Å². The van der Waals surface area contributed by atoms with Gasteiger partial charge in [0, 0.05) is 0 Å². The lowest BCUT2D eigenvalue weighted by Gasteiger charge is -2.29. The average molecular weight is 360 g/mol. The van der Waals surface area contributed by atoms with Gasteiger partial charge in [0.25, 0.3) is 0 Å². The molecule has 0 heterocycles. The van der Waals surface area contributed by atoms with Crippen molar-refractivity contribution in [3.05, 3.63) is 47.0 Å². The van der Waals surface area contributed by atoms with Gasteiger partial charge in [-0.25, -0.2) is 8.78 Å². The van der Waals surface area contributed by atoms with Crippen LogP contribution in [0, 0.1) is 17.6 Å². The van der Waals surface area contributed by atoms with Gasteiger partial charge in [-0.15, -0.1) is 0 Å². The summed E-state index contributed by atoms with van der Waals surface area (Å²) < 4.78 is 65.4. The van der Waals surface area contributed by atoms with Crippen LogP contribution < -0.4 is 0 Å². The molecule has 5 heteroatoms. The van der Waals surface area contributed by atoms with Crippen molar-refractivity contribution in [1.29, 1.82) is 0 Å². The number of halogens is 5. The van der Waals surface area contributed by atoms with E-state index in [9.17, 15) is 22.0 Å². The van der Waals surface area contributed by atoms with E-state index >= 15 is 0 Å². The fourth-order valence-corrected chi connectivity index (χ4v) is 3.62. The van der Waals surface area contributed by atoms with E-state index in [0.717, 1.165) is 63.5 Å². The zero-order chi connectivity index (χ0) is 18.4. The predicted octanol–water partition coefficient (Wildman–Crippen LogP) is 7.39. The molecule has 0 atom stereocenters. The number of benzene rings is 1. The van der Waals surface area contributed by atoms with E-state index in [-0.39, 0.29) is 5.92 Å². The highest BCUT2D eigenvalue weighted by Crippen LogP contribution is 2.40. The summed E-state index contributed by atoms with van der Waals surface area (Å²) in [6.07, 6.45) is 7.22. The molecule has 0 aromatic heterocycles. The molecule has 1 fully saturated rings. The van der Waals surface area contributed by atoms with Crippen molar-refractivity contribution in [2.45, 2.75) is 70.4 Å². The van der Waals surface area contributed by atoms with Crippen molar-refractivity contribution in [3.63, 3.8) is 0 Å². The molecule has 0 spiro atoms. The molecule has 0 radical (unpaired) electrons. The van der Waals surface area contributed by atoms with E-state index < -0.39 is 23.4 Å². The standard InChI is InChI=1S/C20H25F5/c1-2-3-4-5-6-7-14-8-10-15(11-9-14)16-12-17(21)19(18(22)13-16)20(23,24)25/h4-5,12-15H,2-3,6-11H2,1H3/b5-4+. The molecule has 140 valence electrons. The van der Waals surface area contributed by atoms with Crippen molar-refractivity contribution in [3.8, 4) is 0 Å². The summed E-state index contributed by atoms with van der Waals surface area (Å²) in [5, 5.41) is 0. The Kier molecular flexibility index (Phi) is 7.03. The molecule has 0 unspecified atom stereocenters. The fraction of sp³-hybridized carbons (Fsp3) is 0.600. The minimum absolute atomic E-state index is 0.0573. The van der Waals surface area contributed by atoms with Crippen LogP contribution in [-0.2, 0) is 6.18 Å². The second-order valence-electron chi connectivity index (χ2n) is 6.91. The summed E-state index contributed by atoms with van der Waals surface area (Å²) in [4.78, 5) is 0. The monoisotopic (exact) mass is 360 g/mol. The normalized spacial score (nSPS) is 21.8. The lowest BCUT2D eigenvalue weighted by atomic mass is 9.77. The molecule has 1 aliphatic carbocycles. The zero-order valence-electron chi connectivity index (χ0n) is 14.5. The van der Waals surface area contributed by atoms with Crippen LogP contribution in [0.5, 0.6) is 0 Å². The minimum atomic E-state index is -5.00. The molecule has 2 rings (SSSR count). The Morgan fingerprint density at radius 1 is 0.960 bits per heavy atom. The first-order chi connectivity index (χ1) is 11.8. The largest absolute Gasteiger partial charge is 0.422 e. The molecule has 0 aliphatic heterocycles. The maximum Gasteiger partial charge on any atom is 0.422 e. The lowest BCUT2D eigenvalue weighted by Crippen LogP contribution is -2.16. The molecule has 1 saturated carbocycles. The molecule has 1 aromatic carbocycles. The Hall–Kier alpha value is -1.39. The van der Waals surface area contributed by atoms with Crippen LogP contribution in [0.2, 0.25) is 0 Å². The van der Waals surface area contributed by atoms with Crippen LogP contribution in [0.3, 0.4) is 0 Å². The Morgan fingerprint density at radius 3 is 2.04 bits per heavy atom. The zero-order valence-corrected chi connectivity index (χ0v) is 14.5. The van der Waals surface area contributed by atoms with Crippen molar-refractivity contribution >= 4 is 0 Å². The van der Waals surface area contributed by atoms with Gasteiger partial charge < -0.3 is 0 Å². The minimum Gasteiger partial charge on any atom is -0.206 e. The van der Waals surface area contributed by atoms with Crippen molar-refractivity contribution < 1.29 is 22.0 Å². The van der Waals surface area contributed by atoms with E-state index in [4.69, 9.17) is 0 Å². The van der Waals surface area contributed by atoms with E-state index in [1.54, 1.807) is 0 Å². The van der Waals surface area contributed by atoms with Gasteiger partial charge in [-0.1, -0.05) is 25.5 Å². The number of hydrogen-bond donors (Lipinski definition) is 0. The summed E-state index contributed by atoms with van der Waals surface area (Å²) in [5.41, 5.74) is -1.44. The predicted molar refractivity (Wildman–Crippen MR) is 89.3 cm³/mol. The molecule has 0 bridgehead atoms. The van der Waals surface area contributed by atoms with Gasteiger partial charge in [0.2, 0.25) is 0 Å². The molecule has 0 amide bonds. The van der Waals surface area contributed by atoms with E-state index in [0.29, 0.717) is 11.5 Å². The molecule has 0 N–H and O–H groups in total. The Balaban J connectivity index is 1.93. The van der Waals surface area contributed by atoms with Crippen LogP contribution in [0.1, 0.15) is 75.3 Å².